The maximum atomic E-state index is 14.9. The molecule has 10 rings (SSSR count). The number of piperazine rings is 1. The predicted molar refractivity (Wildman–Crippen MR) is 279 cm³/mol. The second-order valence-corrected chi connectivity index (χ2v) is 20.2. The quantitative estimate of drug-likeness (QED) is 0.0341. The topological polar surface area (TPSA) is 160 Å². The Morgan fingerprint density at radius 2 is 1.62 bits per heavy atom. The molecule has 5 aromatic carbocycles. The lowest BCUT2D eigenvalue weighted by Crippen LogP contribution is -2.68. The maximum Gasteiger partial charge on any atom is 0.408 e. The van der Waals surface area contributed by atoms with Crippen LogP contribution in [0.3, 0.4) is 0 Å². The largest absolute Gasteiger partial charge is 0.493 e. The fourth-order valence-corrected chi connectivity index (χ4v) is 13.0. The Labute approximate surface area is 436 Å². The van der Waals surface area contributed by atoms with Gasteiger partial charge in [0.1, 0.15) is 37.7 Å². The molecule has 5 aliphatic rings. The van der Waals surface area contributed by atoms with Crippen molar-refractivity contribution in [2.24, 2.45) is 0 Å². The first-order valence-electron chi connectivity index (χ1n) is 25.0. The second-order valence-electron chi connectivity index (χ2n) is 19.1. The molecule has 5 aromatic rings. The minimum absolute atomic E-state index is 0.0176. The predicted octanol–water partition coefficient (Wildman–Crippen LogP) is 8.76. The van der Waals surface area contributed by atoms with Gasteiger partial charge in [0.25, 0.3) is 0 Å². The van der Waals surface area contributed by atoms with E-state index in [2.05, 4.69) is 89.4 Å². The van der Waals surface area contributed by atoms with Crippen LogP contribution in [0.5, 0.6) is 28.7 Å². The Morgan fingerprint density at radius 1 is 0.892 bits per heavy atom. The number of ether oxygens (including phenoxy) is 9. The summed E-state index contributed by atoms with van der Waals surface area (Å²) in [6.07, 6.45) is 1.89. The lowest BCUT2D eigenvalue weighted by Gasteiger charge is -2.60. The molecule has 74 heavy (non-hydrogen) atoms. The summed E-state index contributed by atoms with van der Waals surface area (Å²) in [5.74, 6) is 3.11. The van der Waals surface area contributed by atoms with Crippen molar-refractivity contribution in [2.45, 2.75) is 75.5 Å². The number of carbonyl (C=O) groups is 2. The van der Waals surface area contributed by atoms with Gasteiger partial charge in [0.15, 0.2) is 29.8 Å². The summed E-state index contributed by atoms with van der Waals surface area (Å²) in [4.78, 5) is 33.1. The zero-order chi connectivity index (χ0) is 51.5. The molecule has 6 atom stereocenters. The number of likely N-dealkylation sites (N-methyl/N-ethyl adjacent to an activating group) is 1. The van der Waals surface area contributed by atoms with Gasteiger partial charge >= 0.3 is 12.1 Å². The number of carbonyl (C=O) groups excluding carboxylic acids is 2. The van der Waals surface area contributed by atoms with Crippen LogP contribution in [0.15, 0.2) is 97.6 Å². The van der Waals surface area contributed by atoms with Crippen LogP contribution in [-0.4, -0.2) is 119 Å². The van der Waals surface area contributed by atoms with Crippen LogP contribution >= 0.6 is 11.8 Å². The van der Waals surface area contributed by atoms with Gasteiger partial charge in [0, 0.05) is 58.9 Å². The molecule has 1 amide bonds. The van der Waals surface area contributed by atoms with Gasteiger partial charge in [0.05, 0.1) is 38.5 Å². The lowest BCUT2D eigenvalue weighted by atomic mass is 9.71. The van der Waals surface area contributed by atoms with Gasteiger partial charge in [0.2, 0.25) is 6.79 Å². The molecule has 0 spiro atoms. The van der Waals surface area contributed by atoms with E-state index in [4.69, 9.17) is 42.6 Å². The van der Waals surface area contributed by atoms with E-state index in [1.165, 1.54) is 22.3 Å². The highest BCUT2D eigenvalue weighted by molar-refractivity contribution is 7.99. The van der Waals surface area contributed by atoms with E-state index >= 15 is 0 Å². The SMILES string of the molecule is C=CCOc1c(C)c2c(c3c1CC1C4c5c(cc(C)c(OC)c5OCOCCOC)C[C@H]([C@H](C#N)N1[C@H]3COC(=O)[C@@H](CSCC1c3ccccc3-c3ccccc31)NC(=O)OCc1ccccc1)N4C)OCO2. The Hall–Kier alpha value is -6.74. The van der Waals surface area contributed by atoms with Crippen molar-refractivity contribution >= 4 is 23.8 Å². The molecule has 1 fully saturated rings. The van der Waals surface area contributed by atoms with Crippen molar-refractivity contribution in [1.82, 2.24) is 15.1 Å². The minimum Gasteiger partial charge on any atom is -0.493 e. The van der Waals surface area contributed by atoms with Crippen molar-refractivity contribution < 1.29 is 52.2 Å². The number of nitriles is 1. The fraction of sp³-hybridized carbons (Fsp3) is 0.397. The average molecular weight is 1020 g/mol. The van der Waals surface area contributed by atoms with Gasteiger partial charge < -0.3 is 47.9 Å². The molecular formula is C58H62N4O11S. The highest BCUT2D eigenvalue weighted by Crippen LogP contribution is 2.59. The molecular weight excluding hydrogens is 961 g/mol. The van der Waals surface area contributed by atoms with Crippen molar-refractivity contribution in [3.8, 4) is 45.9 Å². The maximum absolute atomic E-state index is 14.9. The summed E-state index contributed by atoms with van der Waals surface area (Å²) in [6, 6.07) is 27.5. The van der Waals surface area contributed by atoms with E-state index < -0.39 is 36.2 Å². The minimum atomic E-state index is -1.10. The molecule has 386 valence electrons. The van der Waals surface area contributed by atoms with E-state index in [1.807, 2.05) is 44.2 Å². The zero-order valence-electron chi connectivity index (χ0n) is 42.4. The molecule has 16 heteroatoms. The first kappa shape index (κ1) is 50.8. The molecule has 0 saturated carbocycles. The molecule has 15 nitrogen and oxygen atoms in total. The van der Waals surface area contributed by atoms with Gasteiger partial charge in [-0.15, -0.1) is 0 Å². The van der Waals surface area contributed by atoms with Crippen LogP contribution in [0.25, 0.3) is 11.1 Å². The summed E-state index contributed by atoms with van der Waals surface area (Å²) in [6.45, 7) is 8.60. The molecule has 4 aliphatic heterocycles. The molecule has 0 radical (unpaired) electrons. The summed E-state index contributed by atoms with van der Waals surface area (Å²) in [5.41, 5.74) is 10.9. The Morgan fingerprint density at radius 3 is 2.34 bits per heavy atom. The number of aryl methyl sites for hydroxylation is 1. The third kappa shape index (κ3) is 9.52. The number of nitrogens with zero attached hydrogens (tertiary/aromatic N) is 3. The van der Waals surface area contributed by atoms with Crippen LogP contribution in [0.4, 0.5) is 4.79 Å². The first-order valence-corrected chi connectivity index (χ1v) is 26.2. The van der Waals surface area contributed by atoms with E-state index in [0.29, 0.717) is 60.6 Å². The molecule has 4 heterocycles. The number of benzene rings is 5. The molecule has 0 aromatic heterocycles. The van der Waals surface area contributed by atoms with Gasteiger partial charge in [-0.1, -0.05) is 97.6 Å². The van der Waals surface area contributed by atoms with Crippen LogP contribution < -0.4 is 29.0 Å². The third-order valence-electron chi connectivity index (χ3n) is 15.0. The number of fused-ring (bicyclic) bond motifs is 12. The van der Waals surface area contributed by atoms with E-state index in [0.717, 1.165) is 38.9 Å². The highest BCUT2D eigenvalue weighted by atomic mass is 32.2. The van der Waals surface area contributed by atoms with E-state index in [9.17, 15) is 14.9 Å². The smallest absolute Gasteiger partial charge is 0.408 e. The number of esters is 1. The normalized spacial score (nSPS) is 20.4. The standard InChI is InChI=1S/C58H62N4O11S/c1-7-21-68-53-35(3)54-56(73-33-72-54)50-42(53)26-46-51-49-37(24-34(2)52(66-6)55(49)71-32-67-23-22-65-5)25-45(61(51)4)47(27-59)62(46)48(50)29-69-57(63)44(60-58(64)70-28-36-15-9-8-10-16-36)31-74-30-43-40-19-13-11-17-38(40)39-18-12-14-20-41(39)43/h7-20,24,43-48,51H,1,21-23,25-26,28-33H2,2-6H3,(H,60,64)/t44-,45-,46?,47+,48+,51?/m1/s1. The van der Waals surface area contributed by atoms with Crippen LogP contribution in [0, 0.1) is 25.2 Å². The van der Waals surface area contributed by atoms with Crippen molar-refractivity contribution in [2.75, 3.05) is 72.8 Å². The number of hydrogen-bond donors (Lipinski definition) is 1. The summed E-state index contributed by atoms with van der Waals surface area (Å²) in [7, 11) is 5.31. The van der Waals surface area contributed by atoms with Crippen molar-refractivity contribution in [3.63, 3.8) is 0 Å². The van der Waals surface area contributed by atoms with E-state index in [1.54, 1.807) is 32.1 Å². The second kappa shape index (κ2) is 22.4. The molecule has 1 N–H and O–H groups in total. The number of amides is 1. The molecule has 2 unspecified atom stereocenters. The Bertz CT molecular complexity index is 2900. The van der Waals surface area contributed by atoms with Gasteiger partial charge in [-0.05, 0) is 72.7 Å². The fourth-order valence-electron chi connectivity index (χ4n) is 11.8. The van der Waals surface area contributed by atoms with Gasteiger partial charge in [-0.25, -0.2) is 9.59 Å². The number of methoxy groups -OCH3 is 2. The molecule has 1 saturated heterocycles. The summed E-state index contributed by atoms with van der Waals surface area (Å²) < 4.78 is 55.0. The van der Waals surface area contributed by atoms with Crippen LogP contribution in [0.2, 0.25) is 0 Å². The summed E-state index contributed by atoms with van der Waals surface area (Å²) >= 11 is 1.56. The molecule has 1 aliphatic carbocycles. The number of hydrogen-bond acceptors (Lipinski definition) is 15. The highest BCUT2D eigenvalue weighted by Gasteiger charge is 2.57. The van der Waals surface area contributed by atoms with Crippen molar-refractivity contribution in [3.05, 3.63) is 148 Å². The number of alkyl carbamates (subject to hydrolysis) is 1. The first-order chi connectivity index (χ1) is 36.2. The molecule has 2 bridgehead atoms. The monoisotopic (exact) mass is 1020 g/mol. The number of thioether (sulfide) groups is 1. The van der Waals surface area contributed by atoms with E-state index in [-0.39, 0.29) is 57.2 Å². The van der Waals surface area contributed by atoms with Gasteiger partial charge in [-0.3, -0.25) is 9.80 Å². The van der Waals surface area contributed by atoms with Crippen LogP contribution in [0.1, 0.15) is 68.1 Å². The van der Waals surface area contributed by atoms with Crippen LogP contribution in [-0.2, 0) is 43.2 Å². The number of rotatable bonds is 20. The number of nitrogens with one attached hydrogen (secondary N) is 1. The third-order valence-corrected chi connectivity index (χ3v) is 16.2. The average Bonchev–Trinajstić information content (AvgIpc) is 4.06. The zero-order valence-corrected chi connectivity index (χ0v) is 43.2. The summed E-state index contributed by atoms with van der Waals surface area (Å²) in [5, 5.41) is 14.3. The van der Waals surface area contributed by atoms with Crippen molar-refractivity contribution in [1.29, 1.82) is 5.26 Å². The Kier molecular flexibility index (Phi) is 15.4. The Balaban J connectivity index is 1.01. The lowest BCUT2D eigenvalue weighted by molar-refractivity contribution is -0.150. The van der Waals surface area contributed by atoms with Gasteiger partial charge in [-0.2, -0.15) is 17.0 Å².